The van der Waals surface area contributed by atoms with Gasteiger partial charge in [0.2, 0.25) is 0 Å². The summed E-state index contributed by atoms with van der Waals surface area (Å²) < 4.78 is 2.79. The molecular weight excluding hydrogens is 288 g/mol. The molecule has 0 atom stereocenters. The van der Waals surface area contributed by atoms with Gasteiger partial charge in [0.25, 0.3) is 0 Å². The van der Waals surface area contributed by atoms with Crippen LogP contribution >= 0.6 is 23.6 Å². The first kappa shape index (κ1) is 15.4. The summed E-state index contributed by atoms with van der Waals surface area (Å²) in [4.78, 5) is 5.98. The second-order valence-corrected chi connectivity index (χ2v) is 6.65. The molecule has 0 amide bonds. The first-order valence-electron chi connectivity index (χ1n) is 7.23. The predicted octanol–water partition coefficient (Wildman–Crippen LogP) is 4.55. The van der Waals surface area contributed by atoms with Crippen molar-refractivity contribution < 1.29 is 0 Å². The van der Waals surface area contributed by atoms with E-state index in [1.165, 1.54) is 9.88 Å². The van der Waals surface area contributed by atoms with Gasteiger partial charge in [-0.25, -0.2) is 4.98 Å². The molecule has 2 aromatic rings. The van der Waals surface area contributed by atoms with E-state index in [1.54, 1.807) is 11.3 Å². The number of hydrogen-bond donors (Lipinski definition) is 1. The fourth-order valence-corrected chi connectivity index (χ4v) is 3.46. The van der Waals surface area contributed by atoms with E-state index in [1.807, 2.05) is 0 Å². The zero-order chi connectivity index (χ0) is 14.7. The number of aryl methyl sites for hydroxylation is 1. The molecule has 2 heterocycles. The molecule has 2 aromatic heterocycles. The lowest BCUT2D eigenvalue weighted by molar-refractivity contribution is 0.674. The average Bonchev–Trinajstić information content (AvgIpc) is 2.96. The van der Waals surface area contributed by atoms with Crippen LogP contribution in [0.4, 0.5) is 0 Å². The first-order valence-corrected chi connectivity index (χ1v) is 8.46. The molecule has 110 valence electrons. The van der Waals surface area contributed by atoms with E-state index >= 15 is 0 Å². The van der Waals surface area contributed by atoms with Crippen molar-refractivity contribution in [2.24, 2.45) is 0 Å². The van der Waals surface area contributed by atoms with Crippen LogP contribution in [0.1, 0.15) is 57.2 Å². The summed E-state index contributed by atoms with van der Waals surface area (Å²) in [6, 6.07) is 0. The van der Waals surface area contributed by atoms with Gasteiger partial charge in [-0.05, 0) is 25.1 Å². The highest BCUT2D eigenvalue weighted by Gasteiger charge is 2.19. The molecule has 0 aliphatic rings. The molecular formula is C14H22N4S2. The van der Waals surface area contributed by atoms with Gasteiger partial charge in [0, 0.05) is 12.5 Å². The van der Waals surface area contributed by atoms with Crippen LogP contribution in [0.5, 0.6) is 0 Å². The Balaban J connectivity index is 2.53. The lowest BCUT2D eigenvalue weighted by Crippen LogP contribution is -2.00. The number of nitrogens with one attached hydrogen (secondary N) is 1. The molecule has 0 aromatic carbocycles. The van der Waals surface area contributed by atoms with Crippen molar-refractivity contribution in [1.29, 1.82) is 0 Å². The highest BCUT2D eigenvalue weighted by Crippen LogP contribution is 2.33. The fraction of sp³-hybridized carbons (Fsp3) is 0.643. The van der Waals surface area contributed by atoms with Crippen molar-refractivity contribution in [3.8, 4) is 10.7 Å². The maximum Gasteiger partial charge on any atom is 0.195 e. The van der Waals surface area contributed by atoms with Gasteiger partial charge in [0.15, 0.2) is 10.6 Å². The monoisotopic (exact) mass is 310 g/mol. The van der Waals surface area contributed by atoms with E-state index in [4.69, 9.17) is 17.2 Å². The van der Waals surface area contributed by atoms with E-state index < -0.39 is 0 Å². The molecule has 0 saturated heterocycles. The summed E-state index contributed by atoms with van der Waals surface area (Å²) in [5, 5.41) is 8.54. The van der Waals surface area contributed by atoms with Crippen LogP contribution in [-0.2, 0) is 13.0 Å². The van der Waals surface area contributed by atoms with E-state index in [-0.39, 0.29) is 0 Å². The van der Waals surface area contributed by atoms with Crippen molar-refractivity contribution in [2.75, 3.05) is 0 Å². The Kier molecular flexibility index (Phi) is 5.10. The molecule has 0 fully saturated rings. The summed E-state index contributed by atoms with van der Waals surface area (Å²) in [6.45, 7) is 9.59. The zero-order valence-corrected chi connectivity index (χ0v) is 14.2. The van der Waals surface area contributed by atoms with Gasteiger partial charge in [0.1, 0.15) is 0 Å². The first-order chi connectivity index (χ1) is 9.58. The van der Waals surface area contributed by atoms with Gasteiger partial charge in [0.05, 0.1) is 15.6 Å². The predicted molar refractivity (Wildman–Crippen MR) is 86.9 cm³/mol. The normalized spacial score (nSPS) is 11.4. The second kappa shape index (κ2) is 6.63. The van der Waals surface area contributed by atoms with Crippen LogP contribution in [-0.4, -0.2) is 19.7 Å². The van der Waals surface area contributed by atoms with Crippen LogP contribution in [0.2, 0.25) is 0 Å². The Bertz CT molecular complexity index is 621. The smallest absolute Gasteiger partial charge is 0.195 e. The Labute approximate surface area is 129 Å². The van der Waals surface area contributed by atoms with Crippen LogP contribution in [0.25, 0.3) is 10.7 Å². The standard InChI is InChI=1S/C14H22N4S2/c1-5-7-10-11(20-13(15-10)9(3)4)12-16-17-14(19)18(12)8-6-2/h9H,5-8H2,1-4H3,(H,17,19). The molecule has 20 heavy (non-hydrogen) atoms. The Hall–Kier alpha value is -1.01. The van der Waals surface area contributed by atoms with Gasteiger partial charge in [-0.1, -0.05) is 34.1 Å². The minimum absolute atomic E-state index is 0.450. The minimum Gasteiger partial charge on any atom is -0.299 e. The Morgan fingerprint density at radius 2 is 2.05 bits per heavy atom. The molecule has 0 aliphatic carbocycles. The van der Waals surface area contributed by atoms with Crippen molar-refractivity contribution in [1.82, 2.24) is 19.7 Å². The summed E-state index contributed by atoms with van der Waals surface area (Å²) in [5.41, 5.74) is 1.16. The topological polar surface area (TPSA) is 46.5 Å². The summed E-state index contributed by atoms with van der Waals surface area (Å²) in [5.74, 6) is 1.40. The fourth-order valence-electron chi connectivity index (χ4n) is 2.12. The SMILES string of the molecule is CCCc1nc(C(C)C)sc1-c1n[nH]c(=S)n1CCC. The maximum absolute atomic E-state index is 5.33. The molecule has 6 heteroatoms. The Morgan fingerprint density at radius 1 is 1.30 bits per heavy atom. The van der Waals surface area contributed by atoms with Gasteiger partial charge in [-0.15, -0.1) is 11.3 Å². The van der Waals surface area contributed by atoms with E-state index in [2.05, 4.69) is 42.5 Å². The van der Waals surface area contributed by atoms with Crippen molar-refractivity contribution in [3.05, 3.63) is 15.5 Å². The van der Waals surface area contributed by atoms with Crippen LogP contribution in [0, 0.1) is 4.77 Å². The molecule has 0 unspecified atom stereocenters. The van der Waals surface area contributed by atoms with Crippen molar-refractivity contribution in [2.45, 2.75) is 59.4 Å². The van der Waals surface area contributed by atoms with Crippen LogP contribution in [0.15, 0.2) is 0 Å². The highest BCUT2D eigenvalue weighted by molar-refractivity contribution is 7.71. The van der Waals surface area contributed by atoms with E-state index in [0.717, 1.165) is 37.3 Å². The average molecular weight is 310 g/mol. The number of aromatic amines is 1. The van der Waals surface area contributed by atoms with Gasteiger partial charge < -0.3 is 0 Å². The van der Waals surface area contributed by atoms with Gasteiger partial charge in [-0.2, -0.15) is 5.10 Å². The largest absolute Gasteiger partial charge is 0.299 e. The summed E-state index contributed by atoms with van der Waals surface area (Å²) >= 11 is 7.09. The summed E-state index contributed by atoms with van der Waals surface area (Å²) in [7, 11) is 0. The summed E-state index contributed by atoms with van der Waals surface area (Å²) in [6.07, 6.45) is 3.12. The molecule has 4 nitrogen and oxygen atoms in total. The molecule has 0 aliphatic heterocycles. The number of H-pyrrole nitrogens is 1. The lowest BCUT2D eigenvalue weighted by Gasteiger charge is -2.04. The number of hydrogen-bond acceptors (Lipinski definition) is 4. The molecule has 0 radical (unpaired) electrons. The number of thiazole rings is 1. The quantitative estimate of drug-likeness (QED) is 0.796. The highest BCUT2D eigenvalue weighted by atomic mass is 32.1. The maximum atomic E-state index is 5.33. The second-order valence-electron chi connectivity index (χ2n) is 5.24. The third-order valence-electron chi connectivity index (χ3n) is 3.10. The van der Waals surface area contributed by atoms with Crippen LogP contribution in [0.3, 0.4) is 0 Å². The van der Waals surface area contributed by atoms with Gasteiger partial charge >= 0.3 is 0 Å². The minimum atomic E-state index is 0.450. The van der Waals surface area contributed by atoms with Crippen molar-refractivity contribution >= 4 is 23.6 Å². The lowest BCUT2D eigenvalue weighted by atomic mass is 10.2. The molecule has 0 bridgehead atoms. The van der Waals surface area contributed by atoms with Crippen LogP contribution < -0.4 is 0 Å². The molecule has 0 spiro atoms. The molecule has 2 rings (SSSR count). The van der Waals surface area contributed by atoms with E-state index in [9.17, 15) is 0 Å². The Morgan fingerprint density at radius 3 is 2.65 bits per heavy atom. The van der Waals surface area contributed by atoms with Gasteiger partial charge in [-0.3, -0.25) is 9.67 Å². The van der Waals surface area contributed by atoms with Crippen molar-refractivity contribution in [3.63, 3.8) is 0 Å². The number of nitrogens with zero attached hydrogens (tertiary/aromatic N) is 3. The third-order valence-corrected chi connectivity index (χ3v) is 4.81. The molecule has 0 saturated carbocycles. The number of rotatable bonds is 6. The number of aromatic nitrogens is 4. The van der Waals surface area contributed by atoms with E-state index in [0.29, 0.717) is 10.7 Å². The zero-order valence-electron chi connectivity index (χ0n) is 12.6. The third kappa shape index (κ3) is 3.01. The molecule has 1 N–H and O–H groups in total.